The number of hydrogen-bond donors (Lipinski definition) is 2. The number of methoxy groups -OCH3 is 1. The minimum atomic E-state index is -3.40. The number of hydrogen-bond acceptors (Lipinski definition) is 5. The highest BCUT2D eigenvalue weighted by atomic mass is 32.2. The first-order chi connectivity index (χ1) is 9.57. The fourth-order valence-corrected chi connectivity index (χ4v) is 2.72. The molecular formula is C13H21NO5S. The van der Waals surface area contributed by atoms with Crippen molar-refractivity contribution in [2.45, 2.75) is 12.4 Å². The Morgan fingerprint density at radius 2 is 1.95 bits per heavy atom. The molecule has 114 valence electrons. The standard InChI is InChI=1S/C13H21NO5S/c1-18-7-8-19-6-5-14-20(16,17)11-13-4-2-3-12(9-13)10-15/h2-4,9,14-15H,5-8,10-11H2,1H3. The molecule has 0 saturated carbocycles. The molecule has 0 aromatic heterocycles. The van der Waals surface area contributed by atoms with Crippen LogP contribution in [0, 0.1) is 0 Å². The van der Waals surface area contributed by atoms with Gasteiger partial charge in [0, 0.05) is 13.7 Å². The van der Waals surface area contributed by atoms with Crippen LogP contribution in [0.1, 0.15) is 11.1 Å². The van der Waals surface area contributed by atoms with Crippen molar-refractivity contribution in [3.05, 3.63) is 35.4 Å². The maximum atomic E-state index is 11.8. The molecule has 0 aliphatic heterocycles. The minimum Gasteiger partial charge on any atom is -0.392 e. The topological polar surface area (TPSA) is 84.9 Å². The van der Waals surface area contributed by atoms with Crippen LogP contribution in [0.4, 0.5) is 0 Å². The molecule has 0 aliphatic carbocycles. The highest BCUT2D eigenvalue weighted by Gasteiger charge is 2.11. The number of aliphatic hydroxyl groups excluding tert-OH is 1. The smallest absolute Gasteiger partial charge is 0.215 e. The van der Waals surface area contributed by atoms with Gasteiger partial charge in [-0.1, -0.05) is 24.3 Å². The van der Waals surface area contributed by atoms with Crippen LogP contribution in [0.15, 0.2) is 24.3 Å². The van der Waals surface area contributed by atoms with Gasteiger partial charge in [-0.05, 0) is 11.1 Å². The summed E-state index contributed by atoms with van der Waals surface area (Å²) in [5.41, 5.74) is 1.34. The Morgan fingerprint density at radius 3 is 2.65 bits per heavy atom. The molecule has 0 unspecified atom stereocenters. The van der Waals surface area contributed by atoms with Crippen molar-refractivity contribution in [1.29, 1.82) is 0 Å². The molecule has 1 rings (SSSR count). The monoisotopic (exact) mass is 303 g/mol. The largest absolute Gasteiger partial charge is 0.392 e. The Bertz CT molecular complexity index is 489. The number of sulfonamides is 1. The van der Waals surface area contributed by atoms with Gasteiger partial charge in [0.2, 0.25) is 10.0 Å². The molecule has 6 nitrogen and oxygen atoms in total. The molecule has 0 aliphatic rings. The van der Waals surface area contributed by atoms with Crippen molar-refractivity contribution in [3.8, 4) is 0 Å². The molecule has 1 aromatic rings. The molecule has 0 amide bonds. The van der Waals surface area contributed by atoms with Gasteiger partial charge in [0.15, 0.2) is 0 Å². The number of rotatable bonds is 10. The Labute approximate surface area is 119 Å². The van der Waals surface area contributed by atoms with Gasteiger partial charge in [-0.25, -0.2) is 13.1 Å². The number of benzene rings is 1. The highest BCUT2D eigenvalue weighted by Crippen LogP contribution is 2.08. The molecule has 2 N–H and O–H groups in total. The number of ether oxygens (including phenoxy) is 2. The van der Waals surface area contributed by atoms with Crippen molar-refractivity contribution in [2.24, 2.45) is 0 Å². The zero-order valence-electron chi connectivity index (χ0n) is 11.5. The second-order valence-electron chi connectivity index (χ2n) is 4.24. The average molecular weight is 303 g/mol. The minimum absolute atomic E-state index is 0.103. The second-order valence-corrected chi connectivity index (χ2v) is 6.04. The summed E-state index contributed by atoms with van der Waals surface area (Å²) in [6.07, 6.45) is 0. The summed E-state index contributed by atoms with van der Waals surface area (Å²) in [5.74, 6) is -0.112. The van der Waals surface area contributed by atoms with E-state index >= 15 is 0 Å². The summed E-state index contributed by atoms with van der Waals surface area (Å²) in [6.45, 7) is 1.36. The lowest BCUT2D eigenvalue weighted by atomic mass is 10.1. The third-order valence-corrected chi connectivity index (χ3v) is 3.89. The van der Waals surface area contributed by atoms with Crippen LogP contribution in [0.3, 0.4) is 0 Å². The van der Waals surface area contributed by atoms with E-state index in [0.29, 0.717) is 30.9 Å². The number of aliphatic hydroxyl groups is 1. The SMILES string of the molecule is COCCOCCNS(=O)(=O)Cc1cccc(CO)c1. The normalized spacial score (nSPS) is 11.7. The lowest BCUT2D eigenvalue weighted by Crippen LogP contribution is -2.29. The fourth-order valence-electron chi connectivity index (χ4n) is 1.60. The molecule has 0 saturated heterocycles. The summed E-state index contributed by atoms with van der Waals surface area (Å²) in [7, 11) is -1.82. The summed E-state index contributed by atoms with van der Waals surface area (Å²) in [4.78, 5) is 0. The third kappa shape index (κ3) is 6.97. The first kappa shape index (κ1) is 17.1. The molecule has 20 heavy (non-hydrogen) atoms. The fraction of sp³-hybridized carbons (Fsp3) is 0.538. The maximum Gasteiger partial charge on any atom is 0.215 e. The predicted octanol–water partition coefficient (Wildman–Crippen LogP) is 0.261. The van der Waals surface area contributed by atoms with Crippen molar-refractivity contribution in [3.63, 3.8) is 0 Å². The predicted molar refractivity (Wildman–Crippen MR) is 75.7 cm³/mol. The van der Waals surface area contributed by atoms with Crippen LogP contribution in [-0.2, 0) is 31.9 Å². The van der Waals surface area contributed by atoms with Gasteiger partial charge in [0.1, 0.15) is 0 Å². The summed E-state index contributed by atoms with van der Waals surface area (Å²) >= 11 is 0. The van der Waals surface area contributed by atoms with E-state index in [1.807, 2.05) is 0 Å². The Morgan fingerprint density at radius 1 is 1.20 bits per heavy atom. The van der Waals surface area contributed by atoms with E-state index in [1.54, 1.807) is 31.4 Å². The van der Waals surface area contributed by atoms with E-state index in [2.05, 4.69) is 4.72 Å². The first-order valence-corrected chi connectivity index (χ1v) is 7.95. The van der Waals surface area contributed by atoms with Gasteiger partial charge >= 0.3 is 0 Å². The average Bonchev–Trinajstić information content (AvgIpc) is 2.42. The molecule has 1 aromatic carbocycles. The Kier molecular flexibility index (Phi) is 7.71. The van der Waals surface area contributed by atoms with Crippen LogP contribution in [0.5, 0.6) is 0 Å². The Balaban J connectivity index is 2.37. The second kappa shape index (κ2) is 9.04. The van der Waals surface area contributed by atoms with Gasteiger partial charge in [0.25, 0.3) is 0 Å². The van der Waals surface area contributed by atoms with Crippen LogP contribution in [-0.4, -0.2) is 47.0 Å². The highest BCUT2D eigenvalue weighted by molar-refractivity contribution is 7.88. The van der Waals surface area contributed by atoms with E-state index in [-0.39, 0.29) is 18.9 Å². The quantitative estimate of drug-likeness (QED) is 0.606. The summed E-state index contributed by atoms with van der Waals surface area (Å²) in [6, 6.07) is 6.86. The van der Waals surface area contributed by atoms with Gasteiger partial charge in [0.05, 0.1) is 32.2 Å². The van der Waals surface area contributed by atoms with Crippen molar-refractivity contribution in [2.75, 3.05) is 33.5 Å². The lowest BCUT2D eigenvalue weighted by Gasteiger charge is -2.08. The van der Waals surface area contributed by atoms with Crippen molar-refractivity contribution >= 4 is 10.0 Å². The van der Waals surface area contributed by atoms with Gasteiger partial charge in [-0.2, -0.15) is 0 Å². The van der Waals surface area contributed by atoms with E-state index < -0.39 is 10.0 Å². The first-order valence-electron chi connectivity index (χ1n) is 6.30. The van der Waals surface area contributed by atoms with Crippen LogP contribution >= 0.6 is 0 Å². The molecule has 0 heterocycles. The Hall–Kier alpha value is -0.990. The molecule has 0 radical (unpaired) electrons. The third-order valence-electron chi connectivity index (χ3n) is 2.53. The maximum absolute atomic E-state index is 11.8. The van der Waals surface area contributed by atoms with E-state index in [9.17, 15) is 8.42 Å². The van der Waals surface area contributed by atoms with Crippen LogP contribution in [0.2, 0.25) is 0 Å². The molecule has 7 heteroatoms. The lowest BCUT2D eigenvalue weighted by molar-refractivity contribution is 0.0736. The van der Waals surface area contributed by atoms with Crippen molar-refractivity contribution in [1.82, 2.24) is 4.72 Å². The van der Waals surface area contributed by atoms with Gasteiger partial charge in [-0.3, -0.25) is 0 Å². The number of nitrogens with one attached hydrogen (secondary N) is 1. The summed E-state index contributed by atoms with van der Waals surface area (Å²) in [5, 5.41) is 9.01. The summed E-state index contributed by atoms with van der Waals surface area (Å²) < 4.78 is 36.1. The van der Waals surface area contributed by atoms with Crippen LogP contribution in [0.25, 0.3) is 0 Å². The molecule has 0 bridgehead atoms. The van der Waals surface area contributed by atoms with E-state index in [4.69, 9.17) is 14.6 Å². The van der Waals surface area contributed by atoms with Crippen LogP contribution < -0.4 is 4.72 Å². The van der Waals surface area contributed by atoms with E-state index in [0.717, 1.165) is 0 Å². The van der Waals surface area contributed by atoms with E-state index in [1.165, 1.54) is 0 Å². The molecule has 0 atom stereocenters. The zero-order chi connectivity index (χ0) is 14.8. The van der Waals surface area contributed by atoms with Gasteiger partial charge in [-0.15, -0.1) is 0 Å². The molecular weight excluding hydrogens is 282 g/mol. The van der Waals surface area contributed by atoms with Crippen molar-refractivity contribution < 1.29 is 23.0 Å². The molecule has 0 fully saturated rings. The zero-order valence-corrected chi connectivity index (χ0v) is 12.4. The molecule has 0 spiro atoms. The van der Waals surface area contributed by atoms with Gasteiger partial charge < -0.3 is 14.6 Å².